The standard InChI is InChI=1S/C15H16N2O2/c1-2-19-16-15(18)17(13-9-5-3-6-10-13)14-11-7-4-8-12-14/h3-12H,2H2,1H3,(H,16,18). The quantitative estimate of drug-likeness (QED) is 0.851. The van der Waals surface area contributed by atoms with E-state index in [1.54, 1.807) is 4.90 Å². The van der Waals surface area contributed by atoms with Crippen LogP contribution in [0.5, 0.6) is 0 Å². The van der Waals surface area contributed by atoms with Gasteiger partial charge in [-0.15, -0.1) is 0 Å². The van der Waals surface area contributed by atoms with Gasteiger partial charge in [0.05, 0.1) is 18.0 Å². The predicted molar refractivity (Wildman–Crippen MR) is 75.2 cm³/mol. The van der Waals surface area contributed by atoms with Crippen molar-refractivity contribution in [3.05, 3.63) is 60.7 Å². The van der Waals surface area contributed by atoms with Crippen molar-refractivity contribution in [1.82, 2.24) is 5.48 Å². The van der Waals surface area contributed by atoms with Crippen LogP contribution in [0.4, 0.5) is 16.2 Å². The molecule has 2 aromatic carbocycles. The Kier molecular flexibility index (Phi) is 4.53. The van der Waals surface area contributed by atoms with Gasteiger partial charge in [-0.1, -0.05) is 36.4 Å². The van der Waals surface area contributed by atoms with Crippen molar-refractivity contribution < 1.29 is 9.63 Å². The summed E-state index contributed by atoms with van der Waals surface area (Å²) in [6.45, 7) is 2.23. The summed E-state index contributed by atoms with van der Waals surface area (Å²) in [6.07, 6.45) is 0. The maximum absolute atomic E-state index is 12.2. The highest BCUT2D eigenvalue weighted by molar-refractivity contribution is 5.98. The Hall–Kier alpha value is -2.33. The number of para-hydroxylation sites is 2. The Morgan fingerprint density at radius 1 is 1.00 bits per heavy atom. The first-order valence-electron chi connectivity index (χ1n) is 6.15. The highest BCUT2D eigenvalue weighted by atomic mass is 16.7. The molecule has 0 radical (unpaired) electrons. The molecule has 4 nitrogen and oxygen atoms in total. The van der Waals surface area contributed by atoms with Gasteiger partial charge in [0.15, 0.2) is 0 Å². The average Bonchev–Trinajstić information content (AvgIpc) is 2.47. The van der Waals surface area contributed by atoms with Crippen LogP contribution >= 0.6 is 0 Å². The van der Waals surface area contributed by atoms with Crippen molar-refractivity contribution in [2.45, 2.75) is 6.92 Å². The fraction of sp³-hybridized carbons (Fsp3) is 0.133. The third kappa shape index (κ3) is 3.33. The normalized spacial score (nSPS) is 9.95. The van der Waals surface area contributed by atoms with Gasteiger partial charge in [0.1, 0.15) is 0 Å². The van der Waals surface area contributed by atoms with E-state index in [4.69, 9.17) is 4.84 Å². The lowest BCUT2D eigenvalue weighted by Crippen LogP contribution is -2.36. The smallest absolute Gasteiger partial charge is 0.272 e. The van der Waals surface area contributed by atoms with E-state index in [9.17, 15) is 4.79 Å². The zero-order valence-electron chi connectivity index (χ0n) is 10.7. The summed E-state index contributed by atoms with van der Waals surface area (Å²) < 4.78 is 0. The molecule has 1 N–H and O–H groups in total. The minimum Gasteiger partial charge on any atom is -0.272 e. The molecule has 2 aromatic rings. The maximum atomic E-state index is 12.2. The number of hydroxylamine groups is 1. The number of nitrogens with one attached hydrogen (secondary N) is 1. The van der Waals surface area contributed by atoms with Crippen LogP contribution in [0.1, 0.15) is 6.92 Å². The van der Waals surface area contributed by atoms with Gasteiger partial charge in [0, 0.05) is 0 Å². The second kappa shape index (κ2) is 6.56. The third-order valence-corrected chi connectivity index (χ3v) is 2.54. The van der Waals surface area contributed by atoms with Crippen molar-refractivity contribution >= 4 is 17.4 Å². The van der Waals surface area contributed by atoms with Gasteiger partial charge in [0.2, 0.25) is 0 Å². The number of carbonyl (C=O) groups excluding carboxylic acids is 1. The zero-order valence-corrected chi connectivity index (χ0v) is 10.7. The average molecular weight is 256 g/mol. The molecule has 0 atom stereocenters. The minimum atomic E-state index is -0.320. The molecule has 0 aliphatic rings. The summed E-state index contributed by atoms with van der Waals surface area (Å²) in [5.74, 6) is 0. The topological polar surface area (TPSA) is 41.6 Å². The van der Waals surface area contributed by atoms with Gasteiger partial charge >= 0.3 is 6.03 Å². The van der Waals surface area contributed by atoms with Crippen LogP contribution in [0.3, 0.4) is 0 Å². The van der Waals surface area contributed by atoms with Gasteiger partial charge in [-0.3, -0.25) is 9.74 Å². The van der Waals surface area contributed by atoms with E-state index in [0.717, 1.165) is 11.4 Å². The number of hydrogen-bond donors (Lipinski definition) is 1. The van der Waals surface area contributed by atoms with E-state index in [0.29, 0.717) is 6.61 Å². The lowest BCUT2D eigenvalue weighted by atomic mass is 10.2. The van der Waals surface area contributed by atoms with Crippen molar-refractivity contribution in [1.29, 1.82) is 0 Å². The minimum absolute atomic E-state index is 0.320. The lowest BCUT2D eigenvalue weighted by Gasteiger charge is -2.22. The van der Waals surface area contributed by atoms with Gasteiger partial charge in [0.25, 0.3) is 0 Å². The molecular weight excluding hydrogens is 240 g/mol. The molecule has 0 fully saturated rings. The van der Waals surface area contributed by atoms with Gasteiger partial charge in [-0.2, -0.15) is 0 Å². The molecule has 2 amide bonds. The Morgan fingerprint density at radius 2 is 1.47 bits per heavy atom. The molecule has 0 aliphatic heterocycles. The Labute approximate surface area is 112 Å². The first-order valence-corrected chi connectivity index (χ1v) is 6.15. The number of benzene rings is 2. The fourth-order valence-corrected chi connectivity index (χ4v) is 1.72. The number of rotatable bonds is 4. The maximum Gasteiger partial charge on any atom is 0.350 e. The number of hydrogen-bond acceptors (Lipinski definition) is 2. The molecule has 0 bridgehead atoms. The van der Waals surface area contributed by atoms with Gasteiger partial charge < -0.3 is 0 Å². The molecular formula is C15H16N2O2. The zero-order chi connectivity index (χ0) is 13.5. The number of urea groups is 1. The summed E-state index contributed by atoms with van der Waals surface area (Å²) in [5, 5.41) is 0. The Morgan fingerprint density at radius 3 is 1.89 bits per heavy atom. The van der Waals surface area contributed by atoms with Crippen LogP contribution in [0.25, 0.3) is 0 Å². The van der Waals surface area contributed by atoms with Crippen LogP contribution in [0.15, 0.2) is 60.7 Å². The lowest BCUT2D eigenvalue weighted by molar-refractivity contribution is 0.0741. The molecule has 98 valence electrons. The largest absolute Gasteiger partial charge is 0.350 e. The molecule has 0 aliphatic carbocycles. The second-order valence-electron chi connectivity index (χ2n) is 3.85. The molecule has 0 spiro atoms. The Bertz CT molecular complexity index is 475. The molecule has 19 heavy (non-hydrogen) atoms. The van der Waals surface area contributed by atoms with Crippen LogP contribution in [0, 0.1) is 0 Å². The first-order chi connectivity index (χ1) is 9.33. The highest BCUT2D eigenvalue weighted by Gasteiger charge is 2.17. The van der Waals surface area contributed by atoms with Crippen LogP contribution in [-0.4, -0.2) is 12.6 Å². The van der Waals surface area contributed by atoms with Crippen LogP contribution in [-0.2, 0) is 4.84 Å². The molecule has 0 aromatic heterocycles. The number of anilines is 2. The van der Waals surface area contributed by atoms with Crippen molar-refractivity contribution in [3.63, 3.8) is 0 Å². The van der Waals surface area contributed by atoms with E-state index >= 15 is 0 Å². The molecule has 0 unspecified atom stereocenters. The van der Waals surface area contributed by atoms with E-state index in [1.807, 2.05) is 67.6 Å². The summed E-state index contributed by atoms with van der Waals surface area (Å²) in [4.78, 5) is 18.7. The number of nitrogens with zero attached hydrogens (tertiary/aromatic N) is 1. The van der Waals surface area contributed by atoms with Crippen molar-refractivity contribution in [2.75, 3.05) is 11.5 Å². The van der Waals surface area contributed by atoms with Crippen molar-refractivity contribution in [2.24, 2.45) is 0 Å². The van der Waals surface area contributed by atoms with Crippen LogP contribution < -0.4 is 10.4 Å². The van der Waals surface area contributed by atoms with Crippen LogP contribution in [0.2, 0.25) is 0 Å². The summed E-state index contributed by atoms with van der Waals surface area (Å²) >= 11 is 0. The molecule has 0 heterocycles. The van der Waals surface area contributed by atoms with E-state index in [2.05, 4.69) is 5.48 Å². The summed E-state index contributed by atoms with van der Waals surface area (Å²) in [7, 11) is 0. The SMILES string of the molecule is CCONC(=O)N(c1ccccc1)c1ccccc1. The predicted octanol–water partition coefficient (Wildman–Crippen LogP) is 3.49. The fourth-order valence-electron chi connectivity index (χ4n) is 1.72. The van der Waals surface area contributed by atoms with E-state index in [-0.39, 0.29) is 6.03 Å². The third-order valence-electron chi connectivity index (χ3n) is 2.54. The second-order valence-corrected chi connectivity index (χ2v) is 3.85. The molecule has 4 heteroatoms. The molecule has 0 saturated carbocycles. The van der Waals surface area contributed by atoms with E-state index in [1.165, 1.54) is 0 Å². The molecule has 2 rings (SSSR count). The summed E-state index contributed by atoms with van der Waals surface area (Å²) in [6, 6.07) is 18.5. The number of amides is 2. The molecule has 0 saturated heterocycles. The van der Waals surface area contributed by atoms with Crippen molar-refractivity contribution in [3.8, 4) is 0 Å². The highest BCUT2D eigenvalue weighted by Crippen LogP contribution is 2.24. The summed E-state index contributed by atoms with van der Waals surface area (Å²) in [5.41, 5.74) is 3.98. The van der Waals surface area contributed by atoms with Gasteiger partial charge in [-0.05, 0) is 31.2 Å². The van der Waals surface area contributed by atoms with E-state index < -0.39 is 0 Å². The van der Waals surface area contributed by atoms with Gasteiger partial charge in [-0.25, -0.2) is 10.3 Å². The Balaban J connectivity index is 2.31. The monoisotopic (exact) mass is 256 g/mol. The number of carbonyl (C=O) groups is 1. The first kappa shape index (κ1) is 13.1.